The SMILES string of the molecule is CC1OCCC1N(C)c1ccc2c(c1)NC(=O)C2N. The van der Waals surface area contributed by atoms with Gasteiger partial charge in [-0.05, 0) is 25.5 Å². The van der Waals surface area contributed by atoms with Crippen LogP contribution in [-0.4, -0.2) is 31.7 Å². The second-order valence-electron chi connectivity index (χ2n) is 5.28. The van der Waals surface area contributed by atoms with E-state index in [-0.39, 0.29) is 12.0 Å². The van der Waals surface area contributed by atoms with E-state index in [0.717, 1.165) is 30.0 Å². The fourth-order valence-corrected chi connectivity index (χ4v) is 2.92. The molecule has 5 heteroatoms. The van der Waals surface area contributed by atoms with E-state index < -0.39 is 6.04 Å². The quantitative estimate of drug-likeness (QED) is 0.841. The summed E-state index contributed by atoms with van der Waals surface area (Å²) >= 11 is 0. The molecule has 1 amide bonds. The largest absolute Gasteiger partial charge is 0.376 e. The smallest absolute Gasteiger partial charge is 0.245 e. The molecular formula is C14H19N3O2. The van der Waals surface area contributed by atoms with Gasteiger partial charge in [-0.3, -0.25) is 4.79 Å². The maximum Gasteiger partial charge on any atom is 0.245 e. The summed E-state index contributed by atoms with van der Waals surface area (Å²) in [5.74, 6) is -0.132. The summed E-state index contributed by atoms with van der Waals surface area (Å²) in [5, 5.41) is 2.82. The zero-order valence-electron chi connectivity index (χ0n) is 11.2. The molecule has 2 aliphatic rings. The van der Waals surface area contributed by atoms with Crippen molar-refractivity contribution in [3.8, 4) is 0 Å². The van der Waals surface area contributed by atoms with E-state index >= 15 is 0 Å². The number of fused-ring (bicyclic) bond motifs is 1. The van der Waals surface area contributed by atoms with Gasteiger partial charge in [0.25, 0.3) is 0 Å². The predicted molar refractivity (Wildman–Crippen MR) is 74.2 cm³/mol. The lowest BCUT2D eigenvalue weighted by Gasteiger charge is -2.29. The molecule has 2 heterocycles. The number of hydrogen-bond donors (Lipinski definition) is 2. The minimum atomic E-state index is -0.539. The molecule has 0 bridgehead atoms. The van der Waals surface area contributed by atoms with E-state index in [4.69, 9.17) is 10.5 Å². The van der Waals surface area contributed by atoms with Crippen molar-refractivity contribution in [1.29, 1.82) is 0 Å². The lowest BCUT2D eigenvalue weighted by Crippen LogP contribution is -2.36. The molecule has 102 valence electrons. The monoisotopic (exact) mass is 261 g/mol. The van der Waals surface area contributed by atoms with Crippen LogP contribution in [0.15, 0.2) is 18.2 Å². The minimum absolute atomic E-state index is 0.132. The van der Waals surface area contributed by atoms with Crippen molar-refractivity contribution < 1.29 is 9.53 Å². The zero-order valence-corrected chi connectivity index (χ0v) is 11.2. The first kappa shape index (κ1) is 12.4. The molecule has 5 nitrogen and oxygen atoms in total. The summed E-state index contributed by atoms with van der Waals surface area (Å²) in [6.45, 7) is 2.90. The fraction of sp³-hybridized carbons (Fsp3) is 0.500. The van der Waals surface area contributed by atoms with Crippen LogP contribution in [0.3, 0.4) is 0 Å². The Bertz CT molecular complexity index is 517. The van der Waals surface area contributed by atoms with Gasteiger partial charge in [0.15, 0.2) is 0 Å². The van der Waals surface area contributed by atoms with Gasteiger partial charge in [0.1, 0.15) is 6.04 Å². The molecular weight excluding hydrogens is 242 g/mol. The van der Waals surface area contributed by atoms with Crippen LogP contribution in [0.25, 0.3) is 0 Å². The van der Waals surface area contributed by atoms with Crippen LogP contribution in [0, 0.1) is 0 Å². The van der Waals surface area contributed by atoms with Crippen molar-refractivity contribution >= 4 is 17.3 Å². The van der Waals surface area contributed by atoms with Gasteiger partial charge in [0, 0.05) is 30.6 Å². The molecule has 1 saturated heterocycles. The number of anilines is 2. The summed E-state index contributed by atoms with van der Waals surface area (Å²) < 4.78 is 5.60. The van der Waals surface area contributed by atoms with Gasteiger partial charge in [0.2, 0.25) is 5.91 Å². The molecule has 3 rings (SSSR count). The Kier molecular flexibility index (Phi) is 2.95. The number of hydrogen-bond acceptors (Lipinski definition) is 4. The van der Waals surface area contributed by atoms with Crippen molar-refractivity contribution in [2.45, 2.75) is 31.5 Å². The van der Waals surface area contributed by atoms with Crippen LogP contribution in [0.2, 0.25) is 0 Å². The lowest BCUT2D eigenvalue weighted by atomic mass is 10.1. The summed E-state index contributed by atoms with van der Waals surface area (Å²) in [6, 6.07) is 5.78. The second-order valence-corrected chi connectivity index (χ2v) is 5.28. The topological polar surface area (TPSA) is 67.6 Å². The van der Waals surface area contributed by atoms with E-state index in [0.29, 0.717) is 6.04 Å². The highest BCUT2D eigenvalue weighted by atomic mass is 16.5. The molecule has 3 unspecified atom stereocenters. The number of benzene rings is 1. The fourth-order valence-electron chi connectivity index (χ4n) is 2.92. The van der Waals surface area contributed by atoms with Crippen molar-refractivity contribution in [3.63, 3.8) is 0 Å². The number of nitrogens with one attached hydrogen (secondary N) is 1. The molecule has 0 radical (unpaired) electrons. The maximum atomic E-state index is 11.6. The van der Waals surface area contributed by atoms with Crippen LogP contribution in [0.5, 0.6) is 0 Å². The number of ether oxygens (including phenoxy) is 1. The molecule has 0 aliphatic carbocycles. The number of nitrogens with zero attached hydrogens (tertiary/aromatic N) is 1. The summed E-state index contributed by atoms with van der Waals surface area (Å²) in [7, 11) is 2.06. The molecule has 0 aromatic heterocycles. The van der Waals surface area contributed by atoms with Gasteiger partial charge < -0.3 is 20.7 Å². The Labute approximate surface area is 112 Å². The van der Waals surface area contributed by atoms with Crippen molar-refractivity contribution in [3.05, 3.63) is 23.8 Å². The standard InChI is InChI=1S/C14H19N3O2/c1-8-12(5-6-19-8)17(2)9-3-4-10-11(7-9)16-14(18)13(10)15/h3-4,7-8,12-13H,5-6,15H2,1-2H3,(H,16,18). The third-order valence-corrected chi connectivity index (χ3v) is 4.15. The van der Waals surface area contributed by atoms with Gasteiger partial charge in [-0.1, -0.05) is 6.07 Å². The molecule has 19 heavy (non-hydrogen) atoms. The van der Waals surface area contributed by atoms with Gasteiger partial charge in [-0.15, -0.1) is 0 Å². The lowest BCUT2D eigenvalue weighted by molar-refractivity contribution is -0.116. The molecule has 1 aromatic carbocycles. The average Bonchev–Trinajstić information content (AvgIpc) is 2.93. The number of nitrogens with two attached hydrogens (primary N) is 1. The number of carbonyl (C=O) groups is 1. The Morgan fingerprint density at radius 1 is 1.47 bits per heavy atom. The first-order valence-corrected chi connectivity index (χ1v) is 6.63. The molecule has 3 atom stereocenters. The highest BCUT2D eigenvalue weighted by molar-refractivity contribution is 6.02. The normalized spacial score (nSPS) is 29.2. The molecule has 0 spiro atoms. The minimum Gasteiger partial charge on any atom is -0.376 e. The number of rotatable bonds is 2. The van der Waals surface area contributed by atoms with Crippen molar-refractivity contribution in [2.75, 3.05) is 23.9 Å². The maximum absolute atomic E-state index is 11.6. The highest BCUT2D eigenvalue weighted by Crippen LogP contribution is 2.34. The highest BCUT2D eigenvalue weighted by Gasteiger charge is 2.30. The third-order valence-electron chi connectivity index (χ3n) is 4.15. The van der Waals surface area contributed by atoms with Crippen LogP contribution < -0.4 is 16.0 Å². The van der Waals surface area contributed by atoms with Gasteiger partial charge in [-0.2, -0.15) is 0 Å². The third kappa shape index (κ3) is 1.99. The molecule has 1 aromatic rings. The average molecular weight is 261 g/mol. The van der Waals surface area contributed by atoms with Crippen molar-refractivity contribution in [2.24, 2.45) is 5.73 Å². The Balaban J connectivity index is 1.87. The Hall–Kier alpha value is -1.59. The van der Waals surface area contributed by atoms with Gasteiger partial charge >= 0.3 is 0 Å². The predicted octanol–water partition coefficient (Wildman–Crippen LogP) is 1.25. The van der Waals surface area contributed by atoms with Crippen LogP contribution in [0.1, 0.15) is 24.9 Å². The first-order chi connectivity index (χ1) is 9.08. The second kappa shape index (κ2) is 4.51. The number of likely N-dealkylation sites (N-methyl/N-ethyl adjacent to an activating group) is 1. The number of amides is 1. The first-order valence-electron chi connectivity index (χ1n) is 6.63. The van der Waals surface area contributed by atoms with Gasteiger partial charge in [-0.25, -0.2) is 0 Å². The van der Waals surface area contributed by atoms with E-state index in [1.54, 1.807) is 0 Å². The van der Waals surface area contributed by atoms with E-state index in [2.05, 4.69) is 24.2 Å². The van der Waals surface area contributed by atoms with E-state index in [1.165, 1.54) is 0 Å². The summed E-state index contributed by atoms with van der Waals surface area (Å²) in [5.41, 5.74) is 8.59. The Morgan fingerprint density at radius 2 is 2.26 bits per heavy atom. The van der Waals surface area contributed by atoms with Crippen LogP contribution >= 0.6 is 0 Å². The molecule has 3 N–H and O–H groups in total. The van der Waals surface area contributed by atoms with Crippen LogP contribution in [-0.2, 0) is 9.53 Å². The Morgan fingerprint density at radius 3 is 2.95 bits per heavy atom. The molecule has 2 aliphatic heterocycles. The van der Waals surface area contributed by atoms with Crippen LogP contribution in [0.4, 0.5) is 11.4 Å². The molecule has 1 fully saturated rings. The van der Waals surface area contributed by atoms with Gasteiger partial charge in [0.05, 0.1) is 12.1 Å². The van der Waals surface area contributed by atoms with E-state index in [9.17, 15) is 4.79 Å². The zero-order chi connectivity index (χ0) is 13.6. The summed E-state index contributed by atoms with van der Waals surface area (Å²) in [4.78, 5) is 13.8. The molecule has 0 saturated carbocycles. The van der Waals surface area contributed by atoms with E-state index in [1.807, 2.05) is 18.2 Å². The number of carbonyl (C=O) groups excluding carboxylic acids is 1. The summed E-state index contributed by atoms with van der Waals surface area (Å²) in [6.07, 6.45) is 1.26. The van der Waals surface area contributed by atoms with Crippen molar-refractivity contribution in [1.82, 2.24) is 0 Å².